The Bertz CT molecular complexity index is 1430. The number of carbonyl (C=O) groups is 1. The predicted octanol–water partition coefficient (Wildman–Crippen LogP) is 8.06. The second-order valence-electron chi connectivity index (χ2n) is 11.3. The Morgan fingerprint density at radius 1 is 0.884 bits per heavy atom. The summed E-state index contributed by atoms with van der Waals surface area (Å²) in [5.41, 5.74) is 2.17. The van der Waals surface area contributed by atoms with Crippen LogP contribution >= 0.6 is 11.3 Å². The van der Waals surface area contributed by atoms with Gasteiger partial charge in [0.15, 0.2) is 0 Å². The first-order valence-corrected chi connectivity index (χ1v) is 16.8. The van der Waals surface area contributed by atoms with E-state index in [-0.39, 0.29) is 12.8 Å². The lowest BCUT2D eigenvalue weighted by Gasteiger charge is -2.36. The van der Waals surface area contributed by atoms with Crippen LogP contribution in [0.15, 0.2) is 60.0 Å². The normalized spacial score (nSPS) is 13.9. The van der Waals surface area contributed by atoms with E-state index in [1.54, 1.807) is 6.07 Å². The van der Waals surface area contributed by atoms with Crippen molar-refractivity contribution in [3.63, 3.8) is 0 Å². The number of nitrogens with zero attached hydrogens (tertiary/aromatic N) is 3. The highest BCUT2D eigenvalue weighted by atomic mass is 32.1. The van der Waals surface area contributed by atoms with Crippen LogP contribution in [-0.2, 0) is 9.53 Å². The summed E-state index contributed by atoms with van der Waals surface area (Å²) < 4.78 is 18.3. The molecule has 8 heteroatoms. The number of fused-ring (bicyclic) bond motifs is 2. The average molecular weight is 604 g/mol. The first-order valence-electron chi connectivity index (χ1n) is 15.9. The van der Waals surface area contributed by atoms with Gasteiger partial charge >= 0.3 is 5.97 Å². The lowest BCUT2D eigenvalue weighted by atomic mass is 10.1. The van der Waals surface area contributed by atoms with Crippen LogP contribution in [0.3, 0.4) is 0 Å². The molecule has 3 heterocycles. The molecule has 0 bridgehead atoms. The molecule has 5 rings (SSSR count). The van der Waals surface area contributed by atoms with Gasteiger partial charge < -0.3 is 19.1 Å². The predicted molar refractivity (Wildman–Crippen MR) is 177 cm³/mol. The van der Waals surface area contributed by atoms with Crippen molar-refractivity contribution in [1.29, 1.82) is 0 Å². The molecule has 1 aliphatic rings. The van der Waals surface area contributed by atoms with Gasteiger partial charge in [-0.15, -0.1) is 11.3 Å². The second-order valence-corrected chi connectivity index (χ2v) is 12.2. The summed E-state index contributed by atoms with van der Waals surface area (Å²) in [5, 5.41) is 4.57. The van der Waals surface area contributed by atoms with Crippen molar-refractivity contribution in [2.24, 2.45) is 0 Å². The van der Waals surface area contributed by atoms with Crippen molar-refractivity contribution in [1.82, 2.24) is 9.88 Å². The molecule has 230 valence electrons. The molecule has 1 aliphatic heterocycles. The van der Waals surface area contributed by atoms with Crippen LogP contribution in [0.25, 0.3) is 21.0 Å². The van der Waals surface area contributed by atoms with Gasteiger partial charge in [-0.2, -0.15) is 0 Å². The molecule has 2 aromatic heterocycles. The van der Waals surface area contributed by atoms with Crippen molar-refractivity contribution in [2.75, 3.05) is 51.0 Å². The molecule has 43 heavy (non-hydrogen) atoms. The number of pyridine rings is 1. The summed E-state index contributed by atoms with van der Waals surface area (Å²) in [7, 11) is 0. The molecule has 0 radical (unpaired) electrons. The van der Waals surface area contributed by atoms with E-state index in [4.69, 9.17) is 14.2 Å². The molecule has 0 aliphatic carbocycles. The summed E-state index contributed by atoms with van der Waals surface area (Å²) in [5.74, 6) is 1.02. The fourth-order valence-electron chi connectivity index (χ4n) is 5.62. The molecule has 1 saturated heterocycles. The molecular formula is C35H45N3O4S. The summed E-state index contributed by atoms with van der Waals surface area (Å²) in [6, 6.07) is 18.6. The number of ether oxygens (including phenoxy) is 3. The van der Waals surface area contributed by atoms with Crippen molar-refractivity contribution in [2.45, 2.75) is 64.7 Å². The molecule has 1 fully saturated rings. The first-order chi connectivity index (χ1) is 21.2. The number of unbranched alkanes of at least 4 members (excludes halogenated alkanes) is 6. The van der Waals surface area contributed by atoms with Gasteiger partial charge in [-0.25, -0.2) is 4.98 Å². The number of carbonyl (C=O) groups excluding carboxylic acids is 1. The summed E-state index contributed by atoms with van der Waals surface area (Å²) in [6.45, 7) is 8.20. The van der Waals surface area contributed by atoms with Gasteiger partial charge in [0.25, 0.3) is 0 Å². The zero-order valence-electron chi connectivity index (χ0n) is 25.5. The number of aromatic nitrogens is 1. The third kappa shape index (κ3) is 9.31. The van der Waals surface area contributed by atoms with E-state index in [0.717, 1.165) is 75.1 Å². The Morgan fingerprint density at radius 3 is 2.60 bits per heavy atom. The summed E-state index contributed by atoms with van der Waals surface area (Å²) in [4.78, 5) is 21.6. The molecule has 0 atom stereocenters. The van der Waals surface area contributed by atoms with E-state index < -0.39 is 0 Å². The topological polar surface area (TPSA) is 64.1 Å². The van der Waals surface area contributed by atoms with Crippen LogP contribution in [0.4, 0.5) is 5.69 Å². The number of rotatable bonds is 17. The lowest BCUT2D eigenvalue weighted by Crippen LogP contribution is -2.46. The maximum atomic E-state index is 12.0. The Balaban J connectivity index is 0.972. The molecule has 4 aromatic rings. The van der Waals surface area contributed by atoms with Gasteiger partial charge in [0.05, 0.1) is 12.1 Å². The van der Waals surface area contributed by atoms with Crippen LogP contribution in [-0.4, -0.2) is 62.0 Å². The number of hydrogen-bond acceptors (Lipinski definition) is 8. The van der Waals surface area contributed by atoms with Gasteiger partial charge in [-0.3, -0.25) is 9.69 Å². The Morgan fingerprint density at radius 2 is 1.72 bits per heavy atom. The van der Waals surface area contributed by atoms with Crippen LogP contribution in [0.5, 0.6) is 11.6 Å². The SMILES string of the molecule is CCCCCCCCC(=O)OCOc1ccc2ccc(OCCCCN3CCN(c4cccc5sccc45)CC3)cc2n1. The maximum absolute atomic E-state index is 12.0. The van der Waals surface area contributed by atoms with E-state index in [1.165, 1.54) is 41.5 Å². The maximum Gasteiger partial charge on any atom is 0.308 e. The minimum atomic E-state index is -0.221. The Labute approximate surface area is 259 Å². The van der Waals surface area contributed by atoms with Gasteiger partial charge in [-0.1, -0.05) is 45.1 Å². The van der Waals surface area contributed by atoms with Crippen LogP contribution < -0.4 is 14.4 Å². The Kier molecular flexibility index (Phi) is 11.9. The number of thiophene rings is 1. The summed E-state index contributed by atoms with van der Waals surface area (Å²) >= 11 is 1.82. The molecule has 0 saturated carbocycles. The molecule has 0 amide bonds. The van der Waals surface area contributed by atoms with Crippen LogP contribution in [0, 0.1) is 0 Å². The van der Waals surface area contributed by atoms with E-state index in [0.29, 0.717) is 18.9 Å². The van der Waals surface area contributed by atoms with Gasteiger partial charge in [0, 0.05) is 65.9 Å². The molecule has 2 aromatic carbocycles. The highest BCUT2D eigenvalue weighted by molar-refractivity contribution is 7.17. The smallest absolute Gasteiger partial charge is 0.308 e. The van der Waals surface area contributed by atoms with Crippen LogP contribution in [0.1, 0.15) is 64.7 Å². The molecule has 7 nitrogen and oxygen atoms in total. The zero-order valence-corrected chi connectivity index (χ0v) is 26.3. The van der Waals surface area contributed by atoms with Gasteiger partial charge in [-0.05, 0) is 67.6 Å². The van der Waals surface area contributed by atoms with Gasteiger partial charge in [0.1, 0.15) is 5.75 Å². The zero-order chi connectivity index (χ0) is 29.7. The van der Waals surface area contributed by atoms with Crippen molar-refractivity contribution >= 4 is 44.0 Å². The second kappa shape index (κ2) is 16.5. The minimum Gasteiger partial charge on any atom is -0.494 e. The summed E-state index contributed by atoms with van der Waals surface area (Å²) in [6.07, 6.45) is 9.39. The molecule has 0 spiro atoms. The first kappa shape index (κ1) is 31.1. The fourth-order valence-corrected chi connectivity index (χ4v) is 6.43. The number of esters is 1. The fraction of sp³-hybridized carbons (Fsp3) is 0.486. The van der Waals surface area contributed by atoms with Crippen LogP contribution in [0.2, 0.25) is 0 Å². The minimum absolute atomic E-state index is 0.122. The third-order valence-electron chi connectivity index (χ3n) is 8.12. The Hall–Kier alpha value is -3.36. The number of hydrogen-bond donors (Lipinski definition) is 0. The standard InChI is InChI=1S/C35H45N3O4S/c1-2-3-4-5-6-7-13-35(39)42-27-41-34-17-15-28-14-16-29(26-31(28)36-34)40-24-9-8-19-37-20-22-38(23-21-37)32-11-10-12-33-30(32)18-25-43-33/h10-12,14-18,25-26H,2-9,13,19-24,27H2,1H3. The van der Waals surface area contributed by atoms with E-state index in [1.807, 2.05) is 35.6 Å². The lowest BCUT2D eigenvalue weighted by molar-refractivity contribution is -0.150. The highest BCUT2D eigenvalue weighted by Crippen LogP contribution is 2.31. The number of anilines is 1. The quantitative estimate of drug-likeness (QED) is 0.0687. The molecular weight excluding hydrogens is 558 g/mol. The van der Waals surface area contributed by atoms with E-state index >= 15 is 0 Å². The largest absolute Gasteiger partial charge is 0.494 e. The number of benzene rings is 2. The number of piperazine rings is 1. The average Bonchev–Trinajstić information content (AvgIpc) is 3.52. The van der Waals surface area contributed by atoms with E-state index in [2.05, 4.69) is 51.4 Å². The monoisotopic (exact) mass is 603 g/mol. The van der Waals surface area contributed by atoms with Crippen molar-refractivity contribution in [3.8, 4) is 11.6 Å². The van der Waals surface area contributed by atoms with Crippen molar-refractivity contribution < 1.29 is 19.0 Å². The van der Waals surface area contributed by atoms with Gasteiger partial charge in [0.2, 0.25) is 12.7 Å². The molecule has 0 N–H and O–H groups in total. The van der Waals surface area contributed by atoms with E-state index in [9.17, 15) is 4.79 Å². The molecule has 0 unspecified atom stereocenters. The third-order valence-corrected chi connectivity index (χ3v) is 9.00. The highest BCUT2D eigenvalue weighted by Gasteiger charge is 2.18. The van der Waals surface area contributed by atoms with Crippen molar-refractivity contribution in [3.05, 3.63) is 60.0 Å².